The second-order valence-electron chi connectivity index (χ2n) is 4.89. The lowest BCUT2D eigenvalue weighted by molar-refractivity contribution is 0.0910. The van der Waals surface area contributed by atoms with Crippen LogP contribution in [0.15, 0.2) is 24.3 Å². The van der Waals surface area contributed by atoms with Crippen molar-refractivity contribution in [3.63, 3.8) is 0 Å². The molecule has 1 N–H and O–H groups in total. The number of methoxy groups -OCH3 is 1. The lowest BCUT2D eigenvalue weighted by atomic mass is 10.1. The molecule has 0 aliphatic carbocycles. The summed E-state index contributed by atoms with van der Waals surface area (Å²) in [4.78, 5) is 12.3. The molecule has 0 saturated heterocycles. The van der Waals surface area contributed by atoms with Gasteiger partial charge in [-0.3, -0.25) is 4.79 Å². The van der Waals surface area contributed by atoms with Crippen molar-refractivity contribution in [2.45, 2.75) is 27.2 Å². The zero-order chi connectivity index (χ0) is 15.4. The Kier molecular flexibility index (Phi) is 4.62. The lowest BCUT2D eigenvalue weighted by Crippen LogP contribution is -2.23. The standard InChI is InChI=1S/C16H21N3O2/c1-5-15-11(2)18-19(12(15)3)16(20)10-17-13-6-8-14(21-4)9-7-13/h6-9,17H,5,10H2,1-4H3. The van der Waals surface area contributed by atoms with Gasteiger partial charge in [0.05, 0.1) is 19.3 Å². The van der Waals surface area contributed by atoms with E-state index in [4.69, 9.17) is 4.74 Å². The number of aryl methyl sites for hydroxylation is 1. The number of benzene rings is 1. The highest BCUT2D eigenvalue weighted by molar-refractivity contribution is 5.83. The number of carbonyl (C=O) groups excluding carboxylic acids is 1. The highest BCUT2D eigenvalue weighted by Gasteiger charge is 2.14. The van der Waals surface area contributed by atoms with Gasteiger partial charge in [0.25, 0.3) is 5.91 Å². The summed E-state index contributed by atoms with van der Waals surface area (Å²) in [6, 6.07) is 7.46. The van der Waals surface area contributed by atoms with Crippen molar-refractivity contribution >= 4 is 11.6 Å². The van der Waals surface area contributed by atoms with Crippen LogP contribution in [-0.4, -0.2) is 29.3 Å². The first kappa shape index (κ1) is 15.1. The summed E-state index contributed by atoms with van der Waals surface area (Å²) in [5.41, 5.74) is 3.87. The molecule has 0 radical (unpaired) electrons. The Morgan fingerprint density at radius 2 is 1.95 bits per heavy atom. The molecule has 0 atom stereocenters. The minimum Gasteiger partial charge on any atom is -0.497 e. The molecule has 0 aliphatic heterocycles. The normalized spacial score (nSPS) is 10.5. The molecule has 21 heavy (non-hydrogen) atoms. The van der Waals surface area contributed by atoms with Gasteiger partial charge < -0.3 is 10.1 Å². The van der Waals surface area contributed by atoms with Crippen molar-refractivity contribution in [1.29, 1.82) is 0 Å². The molecule has 0 aliphatic rings. The monoisotopic (exact) mass is 287 g/mol. The Morgan fingerprint density at radius 1 is 1.29 bits per heavy atom. The fourth-order valence-corrected chi connectivity index (χ4v) is 2.39. The van der Waals surface area contributed by atoms with Crippen LogP contribution in [0.4, 0.5) is 5.69 Å². The number of carbonyl (C=O) groups is 1. The van der Waals surface area contributed by atoms with Crippen molar-refractivity contribution in [1.82, 2.24) is 9.78 Å². The summed E-state index contributed by atoms with van der Waals surface area (Å²) in [7, 11) is 1.63. The second-order valence-corrected chi connectivity index (χ2v) is 4.89. The first-order valence-electron chi connectivity index (χ1n) is 7.03. The van der Waals surface area contributed by atoms with Gasteiger partial charge in [-0.05, 0) is 50.1 Å². The zero-order valence-electron chi connectivity index (χ0n) is 12.9. The molecule has 5 heteroatoms. The third-order valence-corrected chi connectivity index (χ3v) is 3.56. The van der Waals surface area contributed by atoms with E-state index in [1.165, 1.54) is 4.68 Å². The van der Waals surface area contributed by atoms with Crippen molar-refractivity contribution in [2.75, 3.05) is 19.0 Å². The highest BCUT2D eigenvalue weighted by atomic mass is 16.5. The van der Waals surface area contributed by atoms with Gasteiger partial charge in [0.1, 0.15) is 5.75 Å². The predicted molar refractivity (Wildman–Crippen MR) is 83.2 cm³/mol. The number of hydrogen-bond acceptors (Lipinski definition) is 4. The molecular formula is C16H21N3O2. The number of nitrogens with one attached hydrogen (secondary N) is 1. The van der Waals surface area contributed by atoms with E-state index in [9.17, 15) is 4.79 Å². The quantitative estimate of drug-likeness (QED) is 0.918. The number of hydrogen-bond donors (Lipinski definition) is 1. The Hall–Kier alpha value is -2.30. The third kappa shape index (κ3) is 3.24. The first-order valence-corrected chi connectivity index (χ1v) is 7.03. The van der Waals surface area contributed by atoms with Crippen LogP contribution in [0.2, 0.25) is 0 Å². The fourth-order valence-electron chi connectivity index (χ4n) is 2.39. The van der Waals surface area contributed by atoms with Gasteiger partial charge in [0.2, 0.25) is 0 Å². The molecule has 5 nitrogen and oxygen atoms in total. The smallest absolute Gasteiger partial charge is 0.266 e. The lowest BCUT2D eigenvalue weighted by Gasteiger charge is -2.08. The largest absolute Gasteiger partial charge is 0.497 e. The Morgan fingerprint density at radius 3 is 2.48 bits per heavy atom. The van der Waals surface area contributed by atoms with Crippen molar-refractivity contribution in [2.24, 2.45) is 0 Å². The molecular weight excluding hydrogens is 266 g/mol. The molecule has 2 rings (SSSR count). The summed E-state index contributed by atoms with van der Waals surface area (Å²) in [6.45, 7) is 6.15. The second kappa shape index (κ2) is 6.43. The maximum atomic E-state index is 12.3. The summed E-state index contributed by atoms with van der Waals surface area (Å²) < 4.78 is 6.59. The van der Waals surface area contributed by atoms with E-state index in [2.05, 4.69) is 17.3 Å². The molecule has 1 aromatic carbocycles. The van der Waals surface area contributed by atoms with Crippen molar-refractivity contribution in [3.8, 4) is 5.75 Å². The van der Waals surface area contributed by atoms with Crippen LogP contribution in [0, 0.1) is 13.8 Å². The third-order valence-electron chi connectivity index (χ3n) is 3.56. The van der Waals surface area contributed by atoms with Crippen molar-refractivity contribution < 1.29 is 9.53 Å². The van der Waals surface area contributed by atoms with E-state index in [1.807, 2.05) is 38.1 Å². The average molecular weight is 287 g/mol. The van der Waals surface area contributed by atoms with Gasteiger partial charge in [-0.25, -0.2) is 4.68 Å². The van der Waals surface area contributed by atoms with Crippen LogP contribution in [0.1, 0.15) is 28.7 Å². The van der Waals surface area contributed by atoms with Crippen LogP contribution < -0.4 is 10.1 Å². The molecule has 0 amide bonds. The molecule has 0 spiro atoms. The topological polar surface area (TPSA) is 56.2 Å². The van der Waals surface area contributed by atoms with E-state index in [0.29, 0.717) is 0 Å². The van der Waals surface area contributed by atoms with Gasteiger partial charge in [-0.2, -0.15) is 5.10 Å². The Labute approximate surface area is 124 Å². The van der Waals surface area contributed by atoms with E-state index in [1.54, 1.807) is 7.11 Å². The molecule has 1 heterocycles. The van der Waals surface area contributed by atoms with Crippen LogP contribution in [0.25, 0.3) is 0 Å². The molecule has 0 unspecified atom stereocenters. The van der Waals surface area contributed by atoms with E-state index >= 15 is 0 Å². The summed E-state index contributed by atoms with van der Waals surface area (Å²) in [6.07, 6.45) is 0.886. The zero-order valence-corrected chi connectivity index (χ0v) is 12.9. The van der Waals surface area contributed by atoms with Crippen LogP contribution in [0.3, 0.4) is 0 Å². The number of anilines is 1. The maximum absolute atomic E-state index is 12.3. The molecule has 0 saturated carbocycles. The summed E-state index contributed by atoms with van der Waals surface area (Å²) >= 11 is 0. The average Bonchev–Trinajstić information content (AvgIpc) is 2.79. The fraction of sp³-hybridized carbons (Fsp3) is 0.375. The number of nitrogens with zero attached hydrogens (tertiary/aromatic N) is 2. The number of rotatable bonds is 5. The molecule has 0 bridgehead atoms. The predicted octanol–water partition coefficient (Wildman–Crippen LogP) is 2.82. The summed E-state index contributed by atoms with van der Waals surface area (Å²) in [5, 5.41) is 7.43. The molecule has 2 aromatic rings. The Bertz CT molecular complexity index is 630. The van der Waals surface area contributed by atoms with Crippen LogP contribution >= 0.6 is 0 Å². The van der Waals surface area contributed by atoms with Gasteiger partial charge in [-0.15, -0.1) is 0 Å². The Balaban J connectivity index is 2.04. The highest BCUT2D eigenvalue weighted by Crippen LogP contribution is 2.16. The van der Waals surface area contributed by atoms with Gasteiger partial charge in [-0.1, -0.05) is 6.92 Å². The first-order chi connectivity index (χ1) is 10.1. The van der Waals surface area contributed by atoms with Gasteiger partial charge in [0.15, 0.2) is 0 Å². The van der Waals surface area contributed by atoms with E-state index < -0.39 is 0 Å². The maximum Gasteiger partial charge on any atom is 0.266 e. The minimum atomic E-state index is -0.0638. The minimum absolute atomic E-state index is 0.0638. The van der Waals surface area contributed by atoms with Gasteiger partial charge in [0, 0.05) is 11.4 Å². The molecule has 1 aromatic heterocycles. The van der Waals surface area contributed by atoms with E-state index in [-0.39, 0.29) is 12.5 Å². The SMILES string of the molecule is CCc1c(C)nn(C(=O)CNc2ccc(OC)cc2)c1C. The molecule has 0 fully saturated rings. The van der Waals surface area contributed by atoms with Crippen LogP contribution in [-0.2, 0) is 6.42 Å². The molecule has 112 valence electrons. The summed E-state index contributed by atoms with van der Waals surface area (Å²) in [5.74, 6) is 0.726. The number of ether oxygens (including phenoxy) is 1. The van der Waals surface area contributed by atoms with E-state index in [0.717, 1.165) is 34.8 Å². The van der Waals surface area contributed by atoms with Gasteiger partial charge >= 0.3 is 0 Å². The number of aromatic nitrogens is 2. The van der Waals surface area contributed by atoms with Crippen LogP contribution in [0.5, 0.6) is 5.75 Å². The van der Waals surface area contributed by atoms with Crippen molar-refractivity contribution in [3.05, 3.63) is 41.2 Å².